The van der Waals surface area contributed by atoms with Gasteiger partial charge >= 0.3 is 41.3 Å². The predicted molar refractivity (Wildman–Crippen MR) is 16.9 cm³/mol. The average Bonchev–Trinajstić information content (AvgIpc) is 0.811. The first-order valence-corrected chi connectivity index (χ1v) is 2.80. The third-order valence-corrected chi connectivity index (χ3v) is 0. The quantitative estimate of drug-likeness (QED) is 0.449. The van der Waals surface area contributed by atoms with Crippen LogP contribution < -0.4 is 0 Å². The van der Waals surface area contributed by atoms with E-state index in [4.69, 9.17) is 0 Å². The maximum atomic E-state index is 9.44. The van der Waals surface area contributed by atoms with Crippen molar-refractivity contribution in [1.29, 1.82) is 0 Å². The molecular formula is CGe2O. The molecule has 0 aromatic carbocycles. The van der Waals surface area contributed by atoms with Crippen LogP contribution in [0.2, 0.25) is 0 Å². The van der Waals surface area contributed by atoms with Crippen LogP contribution in [0, 0.1) is 0 Å². The zero-order valence-corrected chi connectivity index (χ0v) is 6.10. The van der Waals surface area contributed by atoms with E-state index in [1.165, 1.54) is 33.0 Å². The van der Waals surface area contributed by atoms with Gasteiger partial charge in [-0.15, -0.1) is 0 Å². The van der Waals surface area contributed by atoms with Gasteiger partial charge in [-0.05, 0) is 0 Å². The molecule has 0 bridgehead atoms. The van der Waals surface area contributed by atoms with Gasteiger partial charge < -0.3 is 0 Å². The minimum absolute atomic E-state index is 0.167. The van der Waals surface area contributed by atoms with E-state index >= 15 is 0 Å². The van der Waals surface area contributed by atoms with E-state index in [0.717, 1.165) is 0 Å². The van der Waals surface area contributed by atoms with Gasteiger partial charge in [0, 0.05) is 0 Å². The summed E-state index contributed by atoms with van der Waals surface area (Å²) in [5, 5.41) is 0. The van der Waals surface area contributed by atoms with Gasteiger partial charge in [0.25, 0.3) is 0 Å². The third-order valence-electron chi connectivity index (χ3n) is 0. The standard InChI is InChI=1S/CGe2O/c2-1(3)4. The summed E-state index contributed by atoms with van der Waals surface area (Å²) in [5.41, 5.74) is 0. The van der Waals surface area contributed by atoms with E-state index in [1.807, 2.05) is 0 Å². The molecule has 0 saturated heterocycles. The fourth-order valence-corrected chi connectivity index (χ4v) is 0. The summed E-state index contributed by atoms with van der Waals surface area (Å²) in [4.78, 5) is 9.44. The van der Waals surface area contributed by atoms with Crippen molar-refractivity contribution in [1.82, 2.24) is 0 Å². The predicted octanol–water partition coefficient (Wildman–Crippen LogP) is -0.557. The van der Waals surface area contributed by atoms with Gasteiger partial charge in [-0.1, -0.05) is 0 Å². The first kappa shape index (κ1) is 4.76. The van der Waals surface area contributed by atoms with Gasteiger partial charge in [-0.3, -0.25) is 0 Å². The fraction of sp³-hybridized carbons (Fsp3) is 0. The molecule has 4 heavy (non-hydrogen) atoms. The summed E-state index contributed by atoms with van der Waals surface area (Å²) >= 11 is 3.06. The van der Waals surface area contributed by atoms with Crippen molar-refractivity contribution in [2.24, 2.45) is 0 Å². The van der Waals surface area contributed by atoms with Crippen molar-refractivity contribution in [3.05, 3.63) is 0 Å². The summed E-state index contributed by atoms with van der Waals surface area (Å²) in [7, 11) is 0. The molecule has 0 heterocycles. The van der Waals surface area contributed by atoms with Crippen LogP contribution in [0.5, 0.6) is 0 Å². The molecule has 0 aromatic rings. The number of carbonyl (C=O) groups excluding carboxylic acids is 1. The Kier molecular flexibility index (Phi) is 2.40. The summed E-state index contributed by atoms with van der Waals surface area (Å²) in [6.45, 7) is 0. The second-order valence-electron chi connectivity index (χ2n) is 0.329. The van der Waals surface area contributed by atoms with Crippen molar-refractivity contribution in [2.45, 2.75) is 0 Å². The summed E-state index contributed by atoms with van der Waals surface area (Å²) < 4.78 is 0.167. The SMILES string of the molecule is O=[C]([Ge])[Ge]. The molecule has 0 atom stereocenters. The maximum absolute atomic E-state index is 9.44. The van der Waals surface area contributed by atoms with Crippen LogP contribution in [-0.4, -0.2) is 36.5 Å². The van der Waals surface area contributed by atoms with E-state index in [0.29, 0.717) is 0 Å². The molecule has 3 heteroatoms. The second kappa shape index (κ2) is 2.02. The van der Waals surface area contributed by atoms with Crippen LogP contribution >= 0.6 is 0 Å². The topological polar surface area (TPSA) is 17.1 Å². The van der Waals surface area contributed by atoms with Gasteiger partial charge in [0.05, 0.1) is 0 Å². The molecule has 0 rings (SSSR count). The molecule has 0 aliphatic heterocycles. The molecule has 18 valence electrons. The molecule has 0 amide bonds. The van der Waals surface area contributed by atoms with Crippen LogP contribution in [0.1, 0.15) is 0 Å². The Balaban J connectivity index is 2.80. The Morgan fingerprint density at radius 2 is 1.50 bits per heavy atom. The fourth-order valence-electron chi connectivity index (χ4n) is 0. The Hall–Kier alpha value is 0.756. The zero-order chi connectivity index (χ0) is 3.58. The summed E-state index contributed by atoms with van der Waals surface area (Å²) in [6.07, 6.45) is 0. The molecule has 0 unspecified atom stereocenters. The van der Waals surface area contributed by atoms with Gasteiger partial charge in [0.2, 0.25) is 0 Å². The molecule has 1 nitrogen and oxygen atoms in total. The third kappa shape index (κ3) is 14.9. The Morgan fingerprint density at radius 3 is 1.50 bits per heavy atom. The molecule has 0 N–H and O–H groups in total. The van der Waals surface area contributed by atoms with Crippen LogP contribution in [0.25, 0.3) is 0 Å². The zero-order valence-electron chi connectivity index (χ0n) is 1.91. The second-order valence-corrected chi connectivity index (χ2v) is 4.44. The molecule has 0 fully saturated rings. The van der Waals surface area contributed by atoms with Crippen molar-refractivity contribution >= 4 is 36.5 Å². The van der Waals surface area contributed by atoms with Crippen molar-refractivity contribution in [2.75, 3.05) is 0 Å². The average molecular weight is 173 g/mol. The molecule has 0 saturated carbocycles. The Morgan fingerprint density at radius 1 is 1.50 bits per heavy atom. The van der Waals surface area contributed by atoms with E-state index < -0.39 is 0 Å². The van der Waals surface area contributed by atoms with E-state index in [-0.39, 0.29) is 3.45 Å². The minimum atomic E-state index is 0.167. The molecule has 0 spiro atoms. The Bertz CT molecular complexity index is 29.0. The number of rotatable bonds is 0. The molecule has 0 aliphatic rings. The first-order chi connectivity index (χ1) is 1.73. The van der Waals surface area contributed by atoms with Crippen LogP contribution in [0.4, 0.5) is 4.79 Å². The molecule has 0 aliphatic carbocycles. The van der Waals surface area contributed by atoms with Crippen molar-refractivity contribution in [3.8, 4) is 0 Å². The van der Waals surface area contributed by atoms with Crippen LogP contribution in [0.3, 0.4) is 0 Å². The van der Waals surface area contributed by atoms with Crippen molar-refractivity contribution < 1.29 is 4.79 Å². The van der Waals surface area contributed by atoms with Gasteiger partial charge in [0.15, 0.2) is 0 Å². The number of carbonyl (C=O) groups is 1. The molecule has 6 radical (unpaired) electrons. The van der Waals surface area contributed by atoms with Gasteiger partial charge in [0.1, 0.15) is 0 Å². The van der Waals surface area contributed by atoms with Crippen LogP contribution in [0.15, 0.2) is 0 Å². The number of hydrogen-bond acceptors (Lipinski definition) is 1. The normalized spacial score (nSPS) is 6.50. The summed E-state index contributed by atoms with van der Waals surface area (Å²) in [5.74, 6) is 0. The van der Waals surface area contributed by atoms with E-state index in [2.05, 4.69) is 0 Å². The summed E-state index contributed by atoms with van der Waals surface area (Å²) in [6, 6.07) is 0. The first-order valence-electron chi connectivity index (χ1n) is 0.704. The molecular weight excluding hydrogens is 173 g/mol. The van der Waals surface area contributed by atoms with Gasteiger partial charge in [-0.25, -0.2) is 0 Å². The van der Waals surface area contributed by atoms with E-state index in [9.17, 15) is 4.79 Å². The number of hydrogen-bond donors (Lipinski definition) is 0. The van der Waals surface area contributed by atoms with Gasteiger partial charge in [-0.2, -0.15) is 0 Å². The Labute approximate surface area is 41.6 Å². The van der Waals surface area contributed by atoms with Crippen molar-refractivity contribution in [3.63, 3.8) is 0 Å². The van der Waals surface area contributed by atoms with Crippen LogP contribution in [-0.2, 0) is 0 Å². The molecule has 0 aromatic heterocycles. The van der Waals surface area contributed by atoms with E-state index in [1.54, 1.807) is 0 Å². The monoisotopic (exact) mass is 176 g/mol.